The second-order valence-electron chi connectivity index (χ2n) is 11.2. The summed E-state index contributed by atoms with van der Waals surface area (Å²) in [5.41, 5.74) is 0.0580. The highest BCUT2D eigenvalue weighted by atomic mass is 16.7. The number of fused-ring (bicyclic) bond motifs is 5. The fourth-order valence-corrected chi connectivity index (χ4v) is 8.60. The van der Waals surface area contributed by atoms with Crippen molar-refractivity contribution in [3.05, 3.63) is 0 Å². The highest BCUT2D eigenvalue weighted by Gasteiger charge is 2.64. The molecule has 0 bridgehead atoms. The first-order valence-corrected chi connectivity index (χ1v) is 11.8. The third kappa shape index (κ3) is 3.10. The van der Waals surface area contributed by atoms with Crippen molar-refractivity contribution >= 4 is 5.91 Å². The second kappa shape index (κ2) is 7.49. The first-order valence-electron chi connectivity index (χ1n) is 11.8. The molecule has 2 N–H and O–H groups in total. The van der Waals surface area contributed by atoms with Crippen molar-refractivity contribution in [2.24, 2.45) is 46.3 Å². The van der Waals surface area contributed by atoms with E-state index in [1.54, 1.807) is 7.05 Å². The zero-order chi connectivity index (χ0) is 21.1. The standard InChI is InChI=1S/C24H41NO4/c1-14(22(28)25(4)29-5)18-8-9-19-17-7-6-15-12-16(26)10-11-23(15,2)20(17)13-21(27)24(18,19)3/h14-21,26-27H,6-13H2,1-5H3/t14?,15-,16-,17?,18-,19?,20?,21+,23+,24-/m1/s1. The molecule has 5 heteroatoms. The molecule has 0 saturated heterocycles. The summed E-state index contributed by atoms with van der Waals surface area (Å²) < 4.78 is 0. The topological polar surface area (TPSA) is 70.0 Å². The minimum atomic E-state index is -0.355. The van der Waals surface area contributed by atoms with Crippen LogP contribution in [0.5, 0.6) is 0 Å². The Hall–Kier alpha value is -0.650. The monoisotopic (exact) mass is 407 g/mol. The molecule has 4 fully saturated rings. The largest absolute Gasteiger partial charge is 0.393 e. The highest BCUT2D eigenvalue weighted by molar-refractivity contribution is 5.77. The Labute approximate surface area is 176 Å². The molecule has 0 heterocycles. The zero-order valence-electron chi connectivity index (χ0n) is 18.9. The van der Waals surface area contributed by atoms with Crippen LogP contribution in [0.4, 0.5) is 0 Å². The predicted octanol–water partition coefficient (Wildman–Crippen LogP) is 3.63. The van der Waals surface area contributed by atoms with E-state index in [1.165, 1.54) is 25.0 Å². The van der Waals surface area contributed by atoms with E-state index in [4.69, 9.17) is 4.84 Å². The van der Waals surface area contributed by atoms with Crippen molar-refractivity contribution in [3.63, 3.8) is 0 Å². The van der Waals surface area contributed by atoms with Crippen LogP contribution in [0.2, 0.25) is 0 Å². The summed E-state index contributed by atoms with van der Waals surface area (Å²) in [6, 6.07) is 0. The Morgan fingerprint density at radius 3 is 2.48 bits per heavy atom. The van der Waals surface area contributed by atoms with Gasteiger partial charge in [-0.1, -0.05) is 20.8 Å². The first kappa shape index (κ1) is 21.6. The Balaban J connectivity index is 1.60. The van der Waals surface area contributed by atoms with Gasteiger partial charge in [0.05, 0.1) is 19.3 Å². The molecule has 0 aromatic rings. The molecule has 1 amide bonds. The summed E-state index contributed by atoms with van der Waals surface area (Å²) in [4.78, 5) is 18.0. The van der Waals surface area contributed by atoms with Gasteiger partial charge in [0.25, 0.3) is 0 Å². The SMILES string of the molecule is CON(C)C(=O)C(C)[C@H]1CCC2C3CC[C@@H]4C[C@H](O)CC[C@]4(C)C3C[C@H](O)[C@@]21C. The van der Waals surface area contributed by atoms with E-state index in [9.17, 15) is 15.0 Å². The van der Waals surface area contributed by atoms with Gasteiger partial charge in [-0.3, -0.25) is 9.63 Å². The van der Waals surface area contributed by atoms with Gasteiger partial charge in [0.2, 0.25) is 5.91 Å². The molecule has 4 aliphatic rings. The molecule has 166 valence electrons. The molecule has 0 aromatic carbocycles. The molecular formula is C24H41NO4. The fourth-order valence-electron chi connectivity index (χ4n) is 8.60. The number of hydrogen-bond acceptors (Lipinski definition) is 4. The van der Waals surface area contributed by atoms with E-state index in [-0.39, 0.29) is 40.8 Å². The minimum Gasteiger partial charge on any atom is -0.393 e. The third-order valence-corrected chi connectivity index (χ3v) is 10.4. The summed E-state index contributed by atoms with van der Waals surface area (Å²) in [5.74, 6) is 2.36. The average Bonchev–Trinajstić information content (AvgIpc) is 3.06. The van der Waals surface area contributed by atoms with Crippen LogP contribution in [0.25, 0.3) is 0 Å². The second-order valence-corrected chi connectivity index (χ2v) is 11.2. The molecule has 4 rings (SSSR count). The van der Waals surface area contributed by atoms with Crippen molar-refractivity contribution in [2.45, 2.75) is 84.3 Å². The van der Waals surface area contributed by atoms with Crippen molar-refractivity contribution in [3.8, 4) is 0 Å². The lowest BCUT2D eigenvalue weighted by Gasteiger charge is -2.62. The maximum absolute atomic E-state index is 12.8. The lowest BCUT2D eigenvalue weighted by atomic mass is 9.43. The van der Waals surface area contributed by atoms with Gasteiger partial charge in [-0.2, -0.15) is 0 Å². The van der Waals surface area contributed by atoms with Crippen LogP contribution in [0, 0.1) is 46.3 Å². The molecule has 29 heavy (non-hydrogen) atoms. The average molecular weight is 408 g/mol. The van der Waals surface area contributed by atoms with Gasteiger partial charge in [-0.25, -0.2) is 5.06 Å². The van der Waals surface area contributed by atoms with Crippen LogP contribution < -0.4 is 0 Å². The van der Waals surface area contributed by atoms with Crippen LogP contribution in [-0.2, 0) is 9.63 Å². The molecule has 4 saturated carbocycles. The normalized spacial score (nSPS) is 50.2. The number of carbonyl (C=O) groups is 1. The van der Waals surface area contributed by atoms with Gasteiger partial charge in [0, 0.05) is 18.4 Å². The first-order chi connectivity index (χ1) is 13.6. The van der Waals surface area contributed by atoms with E-state index in [0.29, 0.717) is 23.7 Å². The summed E-state index contributed by atoms with van der Waals surface area (Å²) in [6.07, 6.45) is 7.88. The van der Waals surface area contributed by atoms with E-state index >= 15 is 0 Å². The number of nitrogens with zero attached hydrogens (tertiary/aromatic N) is 1. The summed E-state index contributed by atoms with van der Waals surface area (Å²) in [5, 5.41) is 23.1. The van der Waals surface area contributed by atoms with E-state index < -0.39 is 0 Å². The van der Waals surface area contributed by atoms with Gasteiger partial charge in [-0.05, 0) is 86.4 Å². The Morgan fingerprint density at radius 2 is 1.79 bits per heavy atom. The molecule has 5 nitrogen and oxygen atoms in total. The molecule has 0 spiro atoms. The van der Waals surface area contributed by atoms with Gasteiger partial charge in [0.1, 0.15) is 0 Å². The molecule has 4 aliphatic carbocycles. The molecular weight excluding hydrogens is 366 g/mol. The summed E-state index contributed by atoms with van der Waals surface area (Å²) in [6.45, 7) is 6.74. The van der Waals surface area contributed by atoms with Crippen molar-refractivity contribution in [1.82, 2.24) is 5.06 Å². The number of aliphatic hydroxyl groups excluding tert-OH is 2. The van der Waals surface area contributed by atoms with Crippen molar-refractivity contribution in [1.29, 1.82) is 0 Å². The molecule has 4 unspecified atom stereocenters. The molecule has 0 aliphatic heterocycles. The van der Waals surface area contributed by atoms with Gasteiger partial charge >= 0.3 is 0 Å². The number of aliphatic hydroxyl groups is 2. The lowest BCUT2D eigenvalue weighted by Crippen LogP contribution is -2.59. The smallest absolute Gasteiger partial charge is 0.248 e. The fraction of sp³-hybridized carbons (Fsp3) is 0.958. The highest BCUT2D eigenvalue weighted by Crippen LogP contribution is 2.68. The predicted molar refractivity (Wildman–Crippen MR) is 112 cm³/mol. The van der Waals surface area contributed by atoms with Crippen LogP contribution >= 0.6 is 0 Å². The van der Waals surface area contributed by atoms with Crippen molar-refractivity contribution < 1.29 is 19.8 Å². The van der Waals surface area contributed by atoms with E-state index in [2.05, 4.69) is 13.8 Å². The van der Waals surface area contributed by atoms with E-state index in [0.717, 1.165) is 38.5 Å². The van der Waals surface area contributed by atoms with E-state index in [1.807, 2.05) is 6.92 Å². The third-order valence-electron chi connectivity index (χ3n) is 10.4. The van der Waals surface area contributed by atoms with Gasteiger partial charge < -0.3 is 10.2 Å². The summed E-state index contributed by atoms with van der Waals surface area (Å²) >= 11 is 0. The van der Waals surface area contributed by atoms with Crippen LogP contribution in [-0.4, -0.2) is 47.5 Å². The summed E-state index contributed by atoms with van der Waals surface area (Å²) in [7, 11) is 3.21. The van der Waals surface area contributed by atoms with Crippen LogP contribution in [0.15, 0.2) is 0 Å². The molecule has 0 aromatic heterocycles. The number of hydrogen-bond donors (Lipinski definition) is 2. The number of rotatable bonds is 3. The van der Waals surface area contributed by atoms with Crippen molar-refractivity contribution in [2.75, 3.05) is 14.2 Å². The zero-order valence-corrected chi connectivity index (χ0v) is 18.9. The Morgan fingerprint density at radius 1 is 1.07 bits per heavy atom. The molecule has 0 radical (unpaired) electrons. The van der Waals surface area contributed by atoms with Crippen LogP contribution in [0.3, 0.4) is 0 Å². The number of hydroxylamine groups is 2. The lowest BCUT2D eigenvalue weighted by molar-refractivity contribution is -0.188. The maximum Gasteiger partial charge on any atom is 0.248 e. The number of carbonyl (C=O) groups excluding carboxylic acids is 1. The number of amides is 1. The van der Waals surface area contributed by atoms with Crippen LogP contribution in [0.1, 0.15) is 72.1 Å². The quantitative estimate of drug-likeness (QED) is 0.701. The molecule has 10 atom stereocenters. The Bertz CT molecular complexity index is 640. The Kier molecular flexibility index (Phi) is 5.57. The van der Waals surface area contributed by atoms with Gasteiger partial charge in [0.15, 0.2) is 0 Å². The van der Waals surface area contributed by atoms with Gasteiger partial charge in [-0.15, -0.1) is 0 Å². The maximum atomic E-state index is 12.8. The minimum absolute atomic E-state index is 0.0191.